The molecule has 0 N–H and O–H groups in total. The van der Waals surface area contributed by atoms with Gasteiger partial charge in [0, 0.05) is 18.0 Å². The molecule has 1 aromatic rings. The summed E-state index contributed by atoms with van der Waals surface area (Å²) >= 11 is 0. The molecule has 1 atom stereocenters. The molecule has 1 fully saturated rings. The second-order valence-electron chi connectivity index (χ2n) is 6.74. The predicted molar refractivity (Wildman–Crippen MR) is 88.1 cm³/mol. The van der Waals surface area contributed by atoms with Crippen LogP contribution in [0.4, 0.5) is 0 Å². The minimum Gasteiger partial charge on any atom is -0.292 e. The van der Waals surface area contributed by atoms with Crippen molar-refractivity contribution >= 4 is 17.4 Å². The van der Waals surface area contributed by atoms with Crippen molar-refractivity contribution in [1.82, 2.24) is 9.99 Å². The smallest absolute Gasteiger partial charge is 0.255 e. The molecule has 5 nitrogen and oxygen atoms in total. The van der Waals surface area contributed by atoms with Crippen molar-refractivity contribution in [2.75, 3.05) is 6.54 Å². The molecule has 3 rings (SSSR count). The number of hydrazone groups is 1. The number of carbonyl (C=O) groups excluding carboxylic acids is 2. The van der Waals surface area contributed by atoms with Gasteiger partial charge in [-0.15, -0.1) is 0 Å². The van der Waals surface area contributed by atoms with Gasteiger partial charge in [-0.1, -0.05) is 19.3 Å². The third-order valence-electron chi connectivity index (χ3n) is 5.42. The Morgan fingerprint density at radius 3 is 2.57 bits per heavy atom. The molecule has 0 saturated heterocycles. The van der Waals surface area contributed by atoms with Gasteiger partial charge in [-0.2, -0.15) is 5.10 Å². The number of pyridine rings is 1. The summed E-state index contributed by atoms with van der Waals surface area (Å²) in [4.78, 5) is 29.2. The normalized spacial score (nSPS) is 25.6. The summed E-state index contributed by atoms with van der Waals surface area (Å²) in [5.41, 5.74) is 0.864. The Labute approximate surface area is 136 Å². The maximum absolute atomic E-state index is 13.0. The summed E-state index contributed by atoms with van der Waals surface area (Å²) in [6.07, 6.45) is 8.91. The Hall–Kier alpha value is -2.04. The molecule has 1 saturated carbocycles. The van der Waals surface area contributed by atoms with Crippen LogP contribution in [0, 0.1) is 11.3 Å². The van der Waals surface area contributed by atoms with Crippen LogP contribution in [0.1, 0.15) is 56.3 Å². The van der Waals surface area contributed by atoms with Gasteiger partial charge in [0.1, 0.15) is 6.54 Å². The van der Waals surface area contributed by atoms with E-state index in [4.69, 9.17) is 0 Å². The minimum atomic E-state index is -0.543. The molecule has 0 bridgehead atoms. The average molecular weight is 313 g/mol. The van der Waals surface area contributed by atoms with E-state index in [1.807, 2.05) is 13.8 Å². The van der Waals surface area contributed by atoms with E-state index in [1.165, 1.54) is 24.3 Å². The van der Waals surface area contributed by atoms with Crippen LogP contribution in [-0.4, -0.2) is 33.9 Å². The number of hydrogen-bond acceptors (Lipinski definition) is 4. The molecule has 0 aromatic carbocycles. The molecule has 1 amide bonds. The Kier molecular flexibility index (Phi) is 4.28. The van der Waals surface area contributed by atoms with Gasteiger partial charge in [0.25, 0.3) is 5.91 Å². The lowest BCUT2D eigenvalue weighted by atomic mass is 9.67. The highest BCUT2D eigenvalue weighted by Gasteiger charge is 2.50. The summed E-state index contributed by atoms with van der Waals surface area (Å²) in [7, 11) is 0. The van der Waals surface area contributed by atoms with E-state index in [-0.39, 0.29) is 18.2 Å². The highest BCUT2D eigenvalue weighted by molar-refractivity contribution is 6.12. The van der Waals surface area contributed by atoms with Crippen molar-refractivity contribution in [2.24, 2.45) is 16.4 Å². The van der Waals surface area contributed by atoms with E-state index in [0.29, 0.717) is 11.5 Å². The number of rotatable bonds is 4. The maximum atomic E-state index is 13.0. The average Bonchev–Trinajstić information content (AvgIpc) is 2.81. The molecule has 0 spiro atoms. The summed E-state index contributed by atoms with van der Waals surface area (Å²) in [6.45, 7) is 3.92. The highest BCUT2D eigenvalue weighted by atomic mass is 16.2. The molecule has 1 aliphatic heterocycles. The molecule has 5 heteroatoms. The van der Waals surface area contributed by atoms with Crippen molar-refractivity contribution in [1.29, 1.82) is 0 Å². The van der Waals surface area contributed by atoms with E-state index in [9.17, 15) is 9.59 Å². The summed E-state index contributed by atoms with van der Waals surface area (Å²) in [5, 5.41) is 5.80. The quantitative estimate of drug-likeness (QED) is 0.803. The summed E-state index contributed by atoms with van der Waals surface area (Å²) in [5.74, 6) is 0.211. The Balaban J connectivity index is 1.76. The van der Waals surface area contributed by atoms with Gasteiger partial charge in [0.2, 0.25) is 0 Å². The number of hydrogen-bond donors (Lipinski definition) is 0. The van der Waals surface area contributed by atoms with Crippen molar-refractivity contribution in [3.8, 4) is 0 Å². The molecule has 2 aliphatic rings. The van der Waals surface area contributed by atoms with Crippen molar-refractivity contribution in [3.05, 3.63) is 30.1 Å². The summed E-state index contributed by atoms with van der Waals surface area (Å²) in [6, 6.07) is 3.33. The van der Waals surface area contributed by atoms with E-state index in [2.05, 4.69) is 10.1 Å². The Morgan fingerprint density at radius 2 is 1.91 bits per heavy atom. The lowest BCUT2D eigenvalue weighted by Gasteiger charge is -2.35. The van der Waals surface area contributed by atoms with Crippen LogP contribution in [0.2, 0.25) is 0 Å². The first-order chi connectivity index (χ1) is 11.0. The van der Waals surface area contributed by atoms with E-state index in [0.717, 1.165) is 18.6 Å². The van der Waals surface area contributed by atoms with Crippen LogP contribution in [0.5, 0.6) is 0 Å². The number of amides is 1. The van der Waals surface area contributed by atoms with Gasteiger partial charge >= 0.3 is 0 Å². The zero-order chi connectivity index (χ0) is 16.4. The molecular weight excluding hydrogens is 290 g/mol. The van der Waals surface area contributed by atoms with Gasteiger partial charge < -0.3 is 0 Å². The topological polar surface area (TPSA) is 62.6 Å². The number of carbonyl (C=O) groups is 2. The minimum absolute atomic E-state index is 0.00248. The first-order valence-corrected chi connectivity index (χ1v) is 8.34. The van der Waals surface area contributed by atoms with E-state index < -0.39 is 5.41 Å². The third kappa shape index (κ3) is 2.80. The lowest BCUT2D eigenvalue weighted by molar-refractivity contribution is -0.137. The fourth-order valence-corrected chi connectivity index (χ4v) is 3.78. The SMILES string of the molecule is CC1=NN(CC(=O)c2ccncc2)C(=O)C1(C)C1CCCCC1. The highest BCUT2D eigenvalue weighted by Crippen LogP contribution is 2.43. The van der Waals surface area contributed by atoms with Crippen LogP contribution < -0.4 is 0 Å². The molecule has 23 heavy (non-hydrogen) atoms. The molecule has 1 aliphatic carbocycles. The van der Waals surface area contributed by atoms with Crippen molar-refractivity contribution in [2.45, 2.75) is 46.0 Å². The van der Waals surface area contributed by atoms with E-state index >= 15 is 0 Å². The second-order valence-corrected chi connectivity index (χ2v) is 6.74. The standard InChI is InChI=1S/C18H23N3O2/c1-13-18(2,15-6-4-3-5-7-15)17(23)21(20-13)12-16(22)14-8-10-19-11-9-14/h8-11,15H,3-7,12H2,1-2H3. The number of Topliss-reactive ketones (excluding diaryl/α,β-unsaturated/α-hetero) is 1. The van der Waals surface area contributed by atoms with Crippen molar-refractivity contribution in [3.63, 3.8) is 0 Å². The second kappa shape index (κ2) is 6.22. The third-order valence-corrected chi connectivity index (χ3v) is 5.42. The van der Waals surface area contributed by atoms with E-state index in [1.54, 1.807) is 24.5 Å². The van der Waals surface area contributed by atoms with Gasteiger partial charge in [0.05, 0.1) is 11.1 Å². The monoisotopic (exact) mass is 313 g/mol. The molecule has 1 aromatic heterocycles. The van der Waals surface area contributed by atoms with Gasteiger partial charge in [-0.3, -0.25) is 14.6 Å². The van der Waals surface area contributed by atoms with Gasteiger partial charge in [0.15, 0.2) is 5.78 Å². The Morgan fingerprint density at radius 1 is 1.26 bits per heavy atom. The zero-order valence-electron chi connectivity index (χ0n) is 13.8. The molecule has 122 valence electrons. The molecule has 2 heterocycles. The fraction of sp³-hybridized carbons (Fsp3) is 0.556. The molecular formula is C18H23N3O2. The Bertz CT molecular complexity index is 635. The lowest BCUT2D eigenvalue weighted by Crippen LogP contribution is -2.44. The zero-order valence-corrected chi connectivity index (χ0v) is 13.8. The first kappa shape index (κ1) is 15.8. The number of ketones is 1. The van der Waals surface area contributed by atoms with Crippen LogP contribution in [0.3, 0.4) is 0 Å². The van der Waals surface area contributed by atoms with Crippen LogP contribution >= 0.6 is 0 Å². The molecule has 0 radical (unpaired) electrons. The predicted octanol–water partition coefficient (Wildman–Crippen LogP) is 3.07. The molecule has 1 unspecified atom stereocenters. The van der Waals surface area contributed by atoms with Crippen LogP contribution in [0.25, 0.3) is 0 Å². The fourth-order valence-electron chi connectivity index (χ4n) is 3.78. The summed E-state index contributed by atoms with van der Waals surface area (Å²) < 4.78 is 0. The van der Waals surface area contributed by atoms with Gasteiger partial charge in [-0.05, 0) is 44.7 Å². The first-order valence-electron chi connectivity index (χ1n) is 8.34. The van der Waals surface area contributed by atoms with Crippen molar-refractivity contribution < 1.29 is 9.59 Å². The van der Waals surface area contributed by atoms with Crippen LogP contribution in [-0.2, 0) is 4.79 Å². The van der Waals surface area contributed by atoms with Crippen LogP contribution in [0.15, 0.2) is 29.6 Å². The maximum Gasteiger partial charge on any atom is 0.255 e. The number of aromatic nitrogens is 1. The largest absolute Gasteiger partial charge is 0.292 e. The number of nitrogens with zero attached hydrogens (tertiary/aromatic N) is 3. The van der Waals surface area contributed by atoms with Gasteiger partial charge in [-0.25, -0.2) is 5.01 Å².